The summed E-state index contributed by atoms with van der Waals surface area (Å²) in [6.07, 6.45) is 8.61. The van der Waals surface area contributed by atoms with Crippen molar-refractivity contribution < 1.29 is 0 Å². The Balaban J connectivity index is 1.48. The summed E-state index contributed by atoms with van der Waals surface area (Å²) in [6.45, 7) is 7.13. The van der Waals surface area contributed by atoms with Gasteiger partial charge in [0.15, 0.2) is 5.65 Å². The van der Waals surface area contributed by atoms with Gasteiger partial charge in [0.05, 0.1) is 11.9 Å². The first-order chi connectivity index (χ1) is 12.6. The van der Waals surface area contributed by atoms with Crippen LogP contribution in [0.1, 0.15) is 35.5 Å². The molecule has 3 aromatic rings. The Bertz CT molecular complexity index is 917. The number of hydrogen-bond donors (Lipinski definition) is 1. The molecular formula is C19H25N7. The maximum atomic E-state index is 5.97. The molecule has 7 heteroatoms. The lowest BCUT2D eigenvalue weighted by Crippen LogP contribution is -2.36. The lowest BCUT2D eigenvalue weighted by molar-refractivity contribution is 0.167. The van der Waals surface area contributed by atoms with Crippen LogP contribution in [-0.4, -0.2) is 42.6 Å². The maximum absolute atomic E-state index is 5.97. The van der Waals surface area contributed by atoms with Crippen LogP contribution >= 0.6 is 0 Å². The number of nitrogens with zero attached hydrogens (tertiary/aromatic N) is 6. The van der Waals surface area contributed by atoms with Gasteiger partial charge in [-0.3, -0.25) is 9.88 Å². The Kier molecular flexibility index (Phi) is 4.55. The Morgan fingerprint density at radius 2 is 2.08 bits per heavy atom. The third-order valence-electron chi connectivity index (χ3n) is 5.14. The topological polar surface area (TPSA) is 85.2 Å². The van der Waals surface area contributed by atoms with Crippen molar-refractivity contribution in [3.63, 3.8) is 0 Å². The Labute approximate surface area is 153 Å². The molecule has 1 aliphatic heterocycles. The fraction of sp³-hybridized carbons (Fsp3) is 0.474. The molecule has 3 aromatic heterocycles. The van der Waals surface area contributed by atoms with Gasteiger partial charge in [-0.1, -0.05) is 0 Å². The molecule has 1 fully saturated rings. The molecular weight excluding hydrogens is 326 g/mol. The van der Waals surface area contributed by atoms with Crippen molar-refractivity contribution in [1.82, 2.24) is 29.5 Å². The van der Waals surface area contributed by atoms with Crippen LogP contribution < -0.4 is 5.73 Å². The minimum atomic E-state index is 0.557. The van der Waals surface area contributed by atoms with Gasteiger partial charge in [0.25, 0.3) is 0 Å². The number of anilines is 1. The number of nitrogens with two attached hydrogens (primary N) is 1. The molecule has 0 amide bonds. The van der Waals surface area contributed by atoms with Gasteiger partial charge in [0.2, 0.25) is 0 Å². The van der Waals surface area contributed by atoms with Gasteiger partial charge in [-0.2, -0.15) is 5.10 Å². The van der Waals surface area contributed by atoms with Gasteiger partial charge < -0.3 is 5.73 Å². The lowest BCUT2D eigenvalue weighted by atomic mass is 9.93. The van der Waals surface area contributed by atoms with Gasteiger partial charge in [-0.25, -0.2) is 14.5 Å². The largest absolute Gasteiger partial charge is 0.382 e. The minimum Gasteiger partial charge on any atom is -0.382 e. The molecule has 0 aromatic carbocycles. The third kappa shape index (κ3) is 3.39. The molecule has 0 bridgehead atoms. The Hall–Kier alpha value is -2.54. The fourth-order valence-corrected chi connectivity index (χ4v) is 3.94. The summed E-state index contributed by atoms with van der Waals surface area (Å²) in [7, 11) is 0. The van der Waals surface area contributed by atoms with Crippen LogP contribution in [0.25, 0.3) is 5.65 Å². The van der Waals surface area contributed by atoms with Crippen molar-refractivity contribution in [2.75, 3.05) is 18.8 Å². The van der Waals surface area contributed by atoms with Crippen LogP contribution in [0.5, 0.6) is 0 Å². The second kappa shape index (κ2) is 6.99. The zero-order valence-electron chi connectivity index (χ0n) is 15.4. The summed E-state index contributed by atoms with van der Waals surface area (Å²) in [5.74, 6) is 1.11. The molecule has 4 heterocycles. The number of piperidine rings is 1. The van der Waals surface area contributed by atoms with Crippen LogP contribution in [0.4, 0.5) is 5.82 Å². The molecule has 7 nitrogen and oxygen atoms in total. The van der Waals surface area contributed by atoms with E-state index in [1.807, 2.05) is 17.6 Å². The number of likely N-dealkylation sites (tertiary alicyclic amines) is 1. The van der Waals surface area contributed by atoms with Crippen molar-refractivity contribution in [2.45, 2.75) is 39.7 Å². The first-order valence-electron chi connectivity index (χ1n) is 9.18. The highest BCUT2D eigenvalue weighted by Gasteiger charge is 2.23. The number of aromatic nitrogens is 5. The van der Waals surface area contributed by atoms with E-state index in [1.54, 1.807) is 12.4 Å². The summed E-state index contributed by atoms with van der Waals surface area (Å²) < 4.78 is 1.93. The molecule has 0 spiro atoms. The highest BCUT2D eigenvalue weighted by molar-refractivity contribution is 5.47. The molecule has 136 valence electrons. The summed E-state index contributed by atoms with van der Waals surface area (Å²) in [4.78, 5) is 15.8. The van der Waals surface area contributed by atoms with Gasteiger partial charge in [-0.05, 0) is 51.6 Å². The van der Waals surface area contributed by atoms with Crippen LogP contribution in [-0.2, 0) is 13.0 Å². The minimum absolute atomic E-state index is 0.557. The molecule has 0 saturated carbocycles. The highest BCUT2D eigenvalue weighted by Crippen LogP contribution is 2.24. The molecule has 1 aliphatic rings. The van der Waals surface area contributed by atoms with Crippen molar-refractivity contribution >= 4 is 11.5 Å². The van der Waals surface area contributed by atoms with Crippen LogP contribution in [0, 0.1) is 19.8 Å². The first kappa shape index (κ1) is 16.9. The average molecular weight is 351 g/mol. The first-order valence-corrected chi connectivity index (χ1v) is 9.18. The van der Waals surface area contributed by atoms with E-state index in [2.05, 4.69) is 33.0 Å². The van der Waals surface area contributed by atoms with E-state index in [-0.39, 0.29) is 0 Å². The fourth-order valence-electron chi connectivity index (χ4n) is 3.94. The molecule has 1 saturated heterocycles. The average Bonchev–Trinajstić information content (AvgIpc) is 3.00. The van der Waals surface area contributed by atoms with E-state index >= 15 is 0 Å². The zero-order chi connectivity index (χ0) is 18.1. The second-order valence-corrected chi connectivity index (χ2v) is 7.28. The van der Waals surface area contributed by atoms with Gasteiger partial charge in [0.1, 0.15) is 5.82 Å². The lowest BCUT2D eigenvalue weighted by Gasteiger charge is -2.32. The normalized spacial score (nSPS) is 18.5. The third-order valence-corrected chi connectivity index (χ3v) is 5.14. The summed E-state index contributed by atoms with van der Waals surface area (Å²) in [5.41, 5.74) is 11.2. The van der Waals surface area contributed by atoms with Gasteiger partial charge >= 0.3 is 0 Å². The monoisotopic (exact) mass is 351 g/mol. The number of rotatable bonds is 4. The predicted octanol–water partition coefficient (Wildman–Crippen LogP) is 2.17. The summed E-state index contributed by atoms with van der Waals surface area (Å²) in [5, 5.41) is 4.52. The van der Waals surface area contributed by atoms with E-state index < -0.39 is 0 Å². The smallest absolute Gasteiger partial charge is 0.159 e. The van der Waals surface area contributed by atoms with E-state index in [9.17, 15) is 0 Å². The molecule has 1 atom stereocenters. The number of fused-ring (bicyclic) bond motifs is 1. The molecule has 0 unspecified atom stereocenters. The van der Waals surface area contributed by atoms with Crippen LogP contribution in [0.3, 0.4) is 0 Å². The highest BCUT2D eigenvalue weighted by atomic mass is 15.3. The Morgan fingerprint density at radius 3 is 2.92 bits per heavy atom. The number of nitrogen functional groups attached to an aromatic ring is 1. The van der Waals surface area contributed by atoms with Crippen LogP contribution in [0.15, 0.2) is 24.7 Å². The Morgan fingerprint density at radius 1 is 1.23 bits per heavy atom. The summed E-state index contributed by atoms with van der Waals surface area (Å²) >= 11 is 0. The molecule has 26 heavy (non-hydrogen) atoms. The summed E-state index contributed by atoms with van der Waals surface area (Å²) in [6, 6.07) is 2.06. The molecule has 2 N–H and O–H groups in total. The molecule has 4 rings (SSSR count). The van der Waals surface area contributed by atoms with Crippen LogP contribution in [0.2, 0.25) is 0 Å². The quantitative estimate of drug-likeness (QED) is 0.775. The zero-order valence-corrected chi connectivity index (χ0v) is 15.4. The second-order valence-electron chi connectivity index (χ2n) is 7.28. The van der Waals surface area contributed by atoms with Crippen molar-refractivity contribution in [3.05, 3.63) is 47.3 Å². The van der Waals surface area contributed by atoms with E-state index in [4.69, 9.17) is 10.7 Å². The predicted molar refractivity (Wildman–Crippen MR) is 101 cm³/mol. The molecule has 0 radical (unpaired) electrons. The van der Waals surface area contributed by atoms with Gasteiger partial charge in [0, 0.05) is 42.4 Å². The van der Waals surface area contributed by atoms with E-state index in [0.29, 0.717) is 11.7 Å². The molecule has 0 aliphatic carbocycles. The van der Waals surface area contributed by atoms with E-state index in [1.165, 1.54) is 18.4 Å². The number of aryl methyl sites for hydroxylation is 2. The number of hydrogen-bond acceptors (Lipinski definition) is 6. The SMILES string of the molecule is Cc1cc(C)n2ncc(CN3CCC[C@H](Cc4nccnc4N)C3)c2n1. The van der Waals surface area contributed by atoms with E-state index in [0.717, 1.165) is 48.8 Å². The van der Waals surface area contributed by atoms with Crippen molar-refractivity contribution in [3.8, 4) is 0 Å². The van der Waals surface area contributed by atoms with Gasteiger partial charge in [-0.15, -0.1) is 0 Å². The van der Waals surface area contributed by atoms with Crippen molar-refractivity contribution in [2.24, 2.45) is 5.92 Å². The maximum Gasteiger partial charge on any atom is 0.159 e. The standard InChI is InChI=1S/C19H25N7/c1-13-8-14(2)26-19(24-13)16(10-23-26)12-25-7-3-4-15(11-25)9-17-18(20)22-6-5-21-17/h5-6,8,10,15H,3-4,7,9,11-12H2,1-2H3,(H2,20,22)/t15-/m1/s1. The van der Waals surface area contributed by atoms with Crippen molar-refractivity contribution in [1.29, 1.82) is 0 Å².